The third kappa shape index (κ3) is 8.12. The topological polar surface area (TPSA) is 35.5 Å². The molecule has 0 aliphatic carbocycles. The van der Waals surface area contributed by atoms with Crippen molar-refractivity contribution >= 4 is 18.6 Å². The fourth-order valence-corrected chi connectivity index (χ4v) is 0.745. The second-order valence-electron chi connectivity index (χ2n) is 2.81. The van der Waals surface area contributed by atoms with E-state index in [1.807, 2.05) is 0 Å². The average Bonchev–Trinajstić information content (AvgIpc) is 2.10. The second kappa shape index (κ2) is 8.38. The highest BCUT2D eigenvalue weighted by atomic mass is 32.1. The maximum Gasteiger partial charge on any atom is 0.318 e. The van der Waals surface area contributed by atoms with E-state index in [2.05, 4.69) is 19.6 Å². The Morgan fingerprint density at radius 3 is 2.62 bits per heavy atom. The molecule has 0 aliphatic rings. The molecule has 13 heavy (non-hydrogen) atoms. The molecule has 1 atom stereocenters. The first-order valence-electron chi connectivity index (χ1n) is 4.61. The minimum atomic E-state index is -0.351. The first-order chi connectivity index (χ1) is 6.18. The monoisotopic (exact) mass is 206 g/mol. The Balaban J connectivity index is 3.12. The van der Waals surface area contributed by atoms with Crippen molar-refractivity contribution in [2.45, 2.75) is 31.9 Å². The first-order valence-corrected chi connectivity index (χ1v) is 5.12. The van der Waals surface area contributed by atoms with Crippen LogP contribution in [0.5, 0.6) is 0 Å². The zero-order valence-corrected chi connectivity index (χ0v) is 9.18. The van der Waals surface area contributed by atoms with Gasteiger partial charge in [0.05, 0.1) is 11.9 Å². The number of carbonyl (C=O) groups excluding carboxylic acids is 1. The van der Waals surface area contributed by atoms with E-state index in [1.165, 1.54) is 0 Å². The molecule has 0 amide bonds. The zero-order valence-electron chi connectivity index (χ0n) is 8.28. The number of rotatable bonds is 7. The van der Waals surface area contributed by atoms with Gasteiger partial charge in [0.25, 0.3) is 0 Å². The average molecular weight is 206 g/mol. The van der Waals surface area contributed by atoms with E-state index >= 15 is 0 Å². The predicted octanol–water partition coefficient (Wildman–Crippen LogP) is 1.66. The van der Waals surface area contributed by atoms with Crippen molar-refractivity contribution in [2.24, 2.45) is 0 Å². The van der Waals surface area contributed by atoms with Gasteiger partial charge in [-0.3, -0.25) is 4.79 Å². The van der Waals surface area contributed by atoms with Crippen LogP contribution in [0.2, 0.25) is 0 Å². The molecule has 0 radical (unpaired) electrons. The Morgan fingerprint density at radius 1 is 1.38 bits per heavy atom. The van der Waals surface area contributed by atoms with Crippen LogP contribution in [0.25, 0.3) is 0 Å². The molecule has 3 nitrogen and oxygen atoms in total. The van der Waals surface area contributed by atoms with E-state index in [-0.39, 0.29) is 11.2 Å². The van der Waals surface area contributed by atoms with E-state index in [4.69, 9.17) is 9.47 Å². The van der Waals surface area contributed by atoms with Gasteiger partial charge in [-0.1, -0.05) is 13.3 Å². The van der Waals surface area contributed by atoms with Gasteiger partial charge in [-0.05, 0) is 13.3 Å². The Labute approximate surface area is 85.2 Å². The molecule has 0 aliphatic heterocycles. The summed E-state index contributed by atoms with van der Waals surface area (Å²) >= 11 is 3.94. The summed E-state index contributed by atoms with van der Waals surface area (Å²) in [6, 6.07) is 0. The van der Waals surface area contributed by atoms with Crippen molar-refractivity contribution in [2.75, 3.05) is 19.8 Å². The van der Waals surface area contributed by atoms with Crippen molar-refractivity contribution in [3.8, 4) is 0 Å². The highest BCUT2D eigenvalue weighted by Gasteiger charge is 2.07. The molecule has 0 aromatic rings. The van der Waals surface area contributed by atoms with Crippen LogP contribution in [0.3, 0.4) is 0 Å². The summed E-state index contributed by atoms with van der Waals surface area (Å²) in [7, 11) is 0. The third-order valence-electron chi connectivity index (χ3n) is 1.46. The van der Waals surface area contributed by atoms with Gasteiger partial charge in [0.1, 0.15) is 6.61 Å². The third-order valence-corrected chi connectivity index (χ3v) is 1.67. The lowest BCUT2D eigenvalue weighted by Gasteiger charge is -2.06. The van der Waals surface area contributed by atoms with Crippen molar-refractivity contribution in [1.29, 1.82) is 0 Å². The molecule has 1 unspecified atom stereocenters. The lowest BCUT2D eigenvalue weighted by Crippen LogP contribution is -2.17. The standard InChI is InChI=1S/C9H18O3S/c1-3-4-5-11-6-7-12-9(10)8(2)13/h8,13H,3-7H2,1-2H3. The van der Waals surface area contributed by atoms with E-state index in [1.54, 1.807) is 6.92 Å². The maximum atomic E-state index is 10.9. The van der Waals surface area contributed by atoms with E-state index < -0.39 is 0 Å². The van der Waals surface area contributed by atoms with Gasteiger partial charge in [-0.15, -0.1) is 0 Å². The molecule has 0 rings (SSSR count). The van der Waals surface area contributed by atoms with Gasteiger partial charge >= 0.3 is 5.97 Å². The summed E-state index contributed by atoms with van der Waals surface area (Å²) in [4.78, 5) is 10.9. The van der Waals surface area contributed by atoms with Crippen LogP contribution in [-0.2, 0) is 14.3 Å². The van der Waals surface area contributed by atoms with Gasteiger partial charge in [-0.25, -0.2) is 0 Å². The van der Waals surface area contributed by atoms with Crippen LogP contribution < -0.4 is 0 Å². The number of carbonyl (C=O) groups is 1. The van der Waals surface area contributed by atoms with E-state index in [9.17, 15) is 4.79 Å². The summed E-state index contributed by atoms with van der Waals surface area (Å²) in [5.41, 5.74) is 0. The first kappa shape index (κ1) is 12.8. The van der Waals surface area contributed by atoms with E-state index in [0.29, 0.717) is 13.2 Å². The summed E-state index contributed by atoms with van der Waals surface area (Å²) in [5, 5.41) is -0.351. The molecule has 0 aromatic heterocycles. The molecule has 4 heteroatoms. The molecular weight excluding hydrogens is 188 g/mol. The van der Waals surface area contributed by atoms with Crippen molar-refractivity contribution < 1.29 is 14.3 Å². The highest BCUT2D eigenvalue weighted by molar-refractivity contribution is 7.81. The van der Waals surface area contributed by atoms with Crippen LogP contribution in [0.15, 0.2) is 0 Å². The second-order valence-corrected chi connectivity index (χ2v) is 3.58. The minimum Gasteiger partial charge on any atom is -0.462 e. The van der Waals surface area contributed by atoms with Gasteiger partial charge in [0.2, 0.25) is 0 Å². The van der Waals surface area contributed by atoms with Crippen LogP contribution in [0.4, 0.5) is 0 Å². The Kier molecular flexibility index (Phi) is 8.24. The molecule has 0 spiro atoms. The van der Waals surface area contributed by atoms with Crippen molar-refractivity contribution in [3.63, 3.8) is 0 Å². The Hall–Kier alpha value is -0.220. The smallest absolute Gasteiger partial charge is 0.318 e. The number of esters is 1. The zero-order chi connectivity index (χ0) is 10.1. The summed E-state index contributed by atoms with van der Waals surface area (Å²) in [5.74, 6) is -0.289. The summed E-state index contributed by atoms with van der Waals surface area (Å²) < 4.78 is 10.0. The molecule has 0 bridgehead atoms. The Bertz CT molecular complexity index is 137. The summed E-state index contributed by atoms with van der Waals surface area (Å²) in [6.07, 6.45) is 2.17. The lowest BCUT2D eigenvalue weighted by molar-refractivity contribution is -0.144. The fourth-order valence-electron chi connectivity index (χ4n) is 0.670. The van der Waals surface area contributed by atoms with Gasteiger partial charge in [-0.2, -0.15) is 12.6 Å². The maximum absolute atomic E-state index is 10.9. The minimum absolute atomic E-state index is 0.289. The number of ether oxygens (including phenoxy) is 2. The molecular formula is C9H18O3S. The number of unbranched alkanes of at least 4 members (excludes halogenated alkanes) is 1. The largest absolute Gasteiger partial charge is 0.462 e. The van der Waals surface area contributed by atoms with Crippen molar-refractivity contribution in [3.05, 3.63) is 0 Å². The molecule has 0 saturated heterocycles. The lowest BCUT2D eigenvalue weighted by atomic mass is 10.4. The van der Waals surface area contributed by atoms with Crippen LogP contribution >= 0.6 is 12.6 Å². The molecule has 0 N–H and O–H groups in total. The molecule has 0 fully saturated rings. The van der Waals surface area contributed by atoms with Gasteiger partial charge in [0, 0.05) is 6.61 Å². The molecule has 0 heterocycles. The predicted molar refractivity (Wildman–Crippen MR) is 55.1 cm³/mol. The normalized spacial score (nSPS) is 12.5. The van der Waals surface area contributed by atoms with Crippen LogP contribution in [-0.4, -0.2) is 31.0 Å². The molecule has 0 saturated carbocycles. The van der Waals surface area contributed by atoms with Gasteiger partial charge in [0.15, 0.2) is 0 Å². The van der Waals surface area contributed by atoms with Crippen LogP contribution in [0.1, 0.15) is 26.7 Å². The number of hydrogen-bond donors (Lipinski definition) is 1. The number of thiol groups is 1. The molecule has 0 aromatic carbocycles. The van der Waals surface area contributed by atoms with Gasteiger partial charge < -0.3 is 9.47 Å². The van der Waals surface area contributed by atoms with E-state index in [0.717, 1.165) is 19.4 Å². The highest BCUT2D eigenvalue weighted by Crippen LogP contribution is 1.95. The SMILES string of the molecule is CCCCOCCOC(=O)C(C)S. The van der Waals surface area contributed by atoms with Crippen molar-refractivity contribution in [1.82, 2.24) is 0 Å². The Morgan fingerprint density at radius 2 is 2.08 bits per heavy atom. The number of hydrogen-bond acceptors (Lipinski definition) is 4. The van der Waals surface area contributed by atoms with Crippen LogP contribution in [0, 0.1) is 0 Å². The fraction of sp³-hybridized carbons (Fsp3) is 0.889. The molecule has 78 valence electrons. The quantitative estimate of drug-likeness (QED) is 0.391. The summed E-state index contributed by atoms with van der Waals surface area (Å²) in [6.45, 7) is 5.33.